The van der Waals surface area contributed by atoms with E-state index < -0.39 is 12.1 Å². The molecule has 4 nitrogen and oxygen atoms in total. The van der Waals surface area contributed by atoms with Crippen molar-refractivity contribution < 1.29 is 19.3 Å². The number of hydrogen-bond donors (Lipinski definition) is 0. The Morgan fingerprint density at radius 2 is 2.00 bits per heavy atom. The average Bonchev–Trinajstić information content (AvgIpc) is 2.00. The number of ether oxygens (including phenoxy) is 1. The molecule has 11 heavy (non-hydrogen) atoms. The standard InChI is InChI=1S/C7H14O4/c1-4-9-6(3)7(8)11-10-5-2/h6H,4-5H2,1-3H3. The molecule has 0 aromatic heterocycles. The van der Waals surface area contributed by atoms with E-state index in [-0.39, 0.29) is 0 Å². The van der Waals surface area contributed by atoms with Crippen LogP contribution in [0.1, 0.15) is 20.8 Å². The Morgan fingerprint density at radius 3 is 2.45 bits per heavy atom. The van der Waals surface area contributed by atoms with E-state index in [1.807, 2.05) is 6.92 Å². The molecule has 0 radical (unpaired) electrons. The van der Waals surface area contributed by atoms with Gasteiger partial charge in [-0.25, -0.2) is 4.79 Å². The van der Waals surface area contributed by atoms with Crippen LogP contribution in [0, 0.1) is 0 Å². The van der Waals surface area contributed by atoms with Gasteiger partial charge in [-0.1, -0.05) is 0 Å². The topological polar surface area (TPSA) is 44.8 Å². The summed E-state index contributed by atoms with van der Waals surface area (Å²) < 4.78 is 4.95. The minimum atomic E-state index is -0.549. The van der Waals surface area contributed by atoms with Crippen LogP contribution in [-0.2, 0) is 19.3 Å². The highest BCUT2D eigenvalue weighted by atomic mass is 17.2. The maximum absolute atomic E-state index is 10.8. The molecular weight excluding hydrogens is 148 g/mol. The molecule has 0 fully saturated rings. The molecule has 0 aliphatic heterocycles. The number of carbonyl (C=O) groups is 1. The van der Waals surface area contributed by atoms with Crippen LogP contribution in [0.15, 0.2) is 0 Å². The highest BCUT2D eigenvalue weighted by molar-refractivity contribution is 5.73. The first-order valence-electron chi connectivity index (χ1n) is 3.67. The lowest BCUT2D eigenvalue weighted by atomic mass is 10.4. The average molecular weight is 162 g/mol. The van der Waals surface area contributed by atoms with Crippen LogP contribution in [0.4, 0.5) is 0 Å². The first-order valence-corrected chi connectivity index (χ1v) is 3.67. The van der Waals surface area contributed by atoms with Crippen molar-refractivity contribution in [1.82, 2.24) is 0 Å². The summed E-state index contributed by atoms with van der Waals surface area (Å²) in [6.45, 7) is 6.00. The summed E-state index contributed by atoms with van der Waals surface area (Å²) in [5.41, 5.74) is 0. The van der Waals surface area contributed by atoms with Crippen LogP contribution < -0.4 is 0 Å². The summed E-state index contributed by atoms with van der Waals surface area (Å²) in [5, 5.41) is 0. The molecule has 0 saturated heterocycles. The molecular formula is C7H14O4. The molecule has 1 unspecified atom stereocenters. The Bertz CT molecular complexity index is 113. The van der Waals surface area contributed by atoms with Crippen molar-refractivity contribution >= 4 is 5.97 Å². The Labute approximate surface area is 66.4 Å². The quantitative estimate of drug-likeness (QED) is 0.445. The molecule has 0 spiro atoms. The summed E-state index contributed by atoms with van der Waals surface area (Å²) in [7, 11) is 0. The van der Waals surface area contributed by atoms with Gasteiger partial charge in [0.05, 0.1) is 6.61 Å². The maximum Gasteiger partial charge on any atom is 0.370 e. The van der Waals surface area contributed by atoms with Gasteiger partial charge < -0.3 is 4.74 Å². The van der Waals surface area contributed by atoms with E-state index in [4.69, 9.17) is 4.74 Å². The predicted molar refractivity (Wildman–Crippen MR) is 38.8 cm³/mol. The zero-order valence-electron chi connectivity index (χ0n) is 7.12. The third-order valence-corrected chi connectivity index (χ3v) is 1.01. The highest BCUT2D eigenvalue weighted by Gasteiger charge is 2.14. The monoisotopic (exact) mass is 162 g/mol. The summed E-state index contributed by atoms with van der Waals surface area (Å²) in [5.74, 6) is -0.492. The molecule has 0 aromatic rings. The van der Waals surface area contributed by atoms with Gasteiger partial charge in [0, 0.05) is 6.61 Å². The third kappa shape index (κ3) is 4.75. The minimum Gasteiger partial charge on any atom is -0.367 e. The normalized spacial score (nSPS) is 12.6. The SMILES string of the molecule is CCOOC(=O)C(C)OCC. The van der Waals surface area contributed by atoms with E-state index in [2.05, 4.69) is 9.78 Å². The van der Waals surface area contributed by atoms with Gasteiger partial charge in [0.25, 0.3) is 0 Å². The summed E-state index contributed by atoms with van der Waals surface area (Å²) in [4.78, 5) is 19.6. The van der Waals surface area contributed by atoms with E-state index in [1.54, 1.807) is 13.8 Å². The summed E-state index contributed by atoms with van der Waals surface area (Å²) in [6.07, 6.45) is -0.549. The van der Waals surface area contributed by atoms with E-state index in [0.717, 1.165) is 0 Å². The molecule has 0 heterocycles. The van der Waals surface area contributed by atoms with E-state index >= 15 is 0 Å². The highest BCUT2D eigenvalue weighted by Crippen LogP contribution is 1.94. The number of rotatable bonds is 5. The maximum atomic E-state index is 10.8. The van der Waals surface area contributed by atoms with Crippen molar-refractivity contribution in [1.29, 1.82) is 0 Å². The molecule has 0 aliphatic carbocycles. The van der Waals surface area contributed by atoms with Crippen LogP contribution in [0.25, 0.3) is 0 Å². The zero-order chi connectivity index (χ0) is 8.69. The van der Waals surface area contributed by atoms with Crippen LogP contribution in [0.3, 0.4) is 0 Å². The molecule has 0 amide bonds. The second-order valence-corrected chi connectivity index (χ2v) is 1.91. The molecule has 0 aliphatic rings. The summed E-state index contributed by atoms with van der Waals surface area (Å²) >= 11 is 0. The molecule has 4 heteroatoms. The van der Waals surface area contributed by atoms with Crippen LogP contribution in [-0.4, -0.2) is 25.3 Å². The molecule has 0 rings (SSSR count). The van der Waals surface area contributed by atoms with E-state index in [9.17, 15) is 4.79 Å². The van der Waals surface area contributed by atoms with Gasteiger partial charge in [0.15, 0.2) is 6.10 Å². The third-order valence-electron chi connectivity index (χ3n) is 1.01. The van der Waals surface area contributed by atoms with Gasteiger partial charge >= 0.3 is 5.97 Å². The predicted octanol–water partition coefficient (Wildman–Crippen LogP) is 0.906. The fourth-order valence-electron chi connectivity index (χ4n) is 0.503. The first-order chi connectivity index (χ1) is 5.22. The fraction of sp³-hybridized carbons (Fsp3) is 0.857. The second-order valence-electron chi connectivity index (χ2n) is 1.91. The summed E-state index contributed by atoms with van der Waals surface area (Å²) in [6, 6.07) is 0. The lowest BCUT2D eigenvalue weighted by Gasteiger charge is -2.08. The Balaban J connectivity index is 3.47. The Kier molecular flexibility index (Phi) is 5.78. The van der Waals surface area contributed by atoms with Crippen molar-refractivity contribution in [2.45, 2.75) is 26.9 Å². The van der Waals surface area contributed by atoms with Gasteiger partial charge in [-0.3, -0.25) is 4.89 Å². The first kappa shape index (κ1) is 10.4. The van der Waals surface area contributed by atoms with Crippen molar-refractivity contribution in [3.05, 3.63) is 0 Å². The van der Waals surface area contributed by atoms with Gasteiger partial charge in [-0.15, -0.1) is 0 Å². The lowest BCUT2D eigenvalue weighted by Crippen LogP contribution is -2.23. The molecule has 1 atom stereocenters. The molecule has 0 saturated carbocycles. The van der Waals surface area contributed by atoms with E-state index in [0.29, 0.717) is 13.2 Å². The molecule has 0 N–H and O–H groups in total. The van der Waals surface area contributed by atoms with Gasteiger partial charge in [-0.2, -0.15) is 4.89 Å². The number of carbonyl (C=O) groups excluding carboxylic acids is 1. The van der Waals surface area contributed by atoms with Crippen LogP contribution >= 0.6 is 0 Å². The zero-order valence-corrected chi connectivity index (χ0v) is 7.12. The van der Waals surface area contributed by atoms with Gasteiger partial charge in [-0.05, 0) is 20.8 Å². The smallest absolute Gasteiger partial charge is 0.367 e. The second kappa shape index (κ2) is 6.12. The van der Waals surface area contributed by atoms with Gasteiger partial charge in [0.1, 0.15) is 0 Å². The fourth-order valence-corrected chi connectivity index (χ4v) is 0.503. The minimum absolute atomic E-state index is 0.352. The van der Waals surface area contributed by atoms with Crippen molar-refractivity contribution in [3.63, 3.8) is 0 Å². The van der Waals surface area contributed by atoms with Gasteiger partial charge in [0.2, 0.25) is 0 Å². The lowest BCUT2D eigenvalue weighted by molar-refractivity contribution is -0.276. The molecule has 0 bridgehead atoms. The number of hydrogen-bond acceptors (Lipinski definition) is 4. The van der Waals surface area contributed by atoms with Crippen LogP contribution in [0.2, 0.25) is 0 Å². The molecule has 66 valence electrons. The Morgan fingerprint density at radius 1 is 1.36 bits per heavy atom. The Hall–Kier alpha value is -0.610. The van der Waals surface area contributed by atoms with Crippen molar-refractivity contribution in [2.75, 3.05) is 13.2 Å². The van der Waals surface area contributed by atoms with Crippen molar-refractivity contribution in [2.24, 2.45) is 0 Å². The van der Waals surface area contributed by atoms with Crippen molar-refractivity contribution in [3.8, 4) is 0 Å². The largest absolute Gasteiger partial charge is 0.370 e. The van der Waals surface area contributed by atoms with E-state index in [1.165, 1.54) is 0 Å². The van der Waals surface area contributed by atoms with Crippen LogP contribution in [0.5, 0.6) is 0 Å². The molecule has 0 aromatic carbocycles.